The fourth-order valence-electron chi connectivity index (χ4n) is 0.823. The lowest BCUT2D eigenvalue weighted by atomic mass is 10.2. The van der Waals surface area contributed by atoms with Crippen molar-refractivity contribution in [2.45, 2.75) is 0 Å². The minimum absolute atomic E-state index is 0.0587. The summed E-state index contributed by atoms with van der Waals surface area (Å²) < 4.78 is 0. The van der Waals surface area contributed by atoms with Crippen molar-refractivity contribution in [2.24, 2.45) is 0 Å². The number of aliphatic hydroxyl groups excluding tert-OH is 1. The zero-order chi connectivity index (χ0) is 9.68. The monoisotopic (exact) mass is 182 g/mol. The van der Waals surface area contributed by atoms with Crippen LogP contribution in [-0.2, 0) is 0 Å². The highest BCUT2D eigenvalue weighted by Gasteiger charge is 2.04. The molecule has 1 aromatic heterocycles. The van der Waals surface area contributed by atoms with Crippen molar-refractivity contribution in [2.75, 3.05) is 13.2 Å². The average Bonchev–Trinajstić information content (AvgIpc) is 2.14. The van der Waals surface area contributed by atoms with Gasteiger partial charge in [0.05, 0.1) is 18.4 Å². The second-order valence-corrected chi connectivity index (χ2v) is 2.41. The highest BCUT2D eigenvalue weighted by atomic mass is 16.3. The number of aromatic nitrogens is 1. The first kappa shape index (κ1) is 9.47. The van der Waals surface area contributed by atoms with Gasteiger partial charge in [-0.3, -0.25) is 9.78 Å². The molecule has 70 valence electrons. The van der Waals surface area contributed by atoms with E-state index in [0.717, 1.165) is 0 Å². The fourth-order valence-corrected chi connectivity index (χ4v) is 0.823. The number of aliphatic hydroxyl groups is 1. The van der Waals surface area contributed by atoms with Crippen LogP contribution in [0.1, 0.15) is 10.4 Å². The third-order valence-electron chi connectivity index (χ3n) is 1.38. The summed E-state index contributed by atoms with van der Waals surface area (Å²) >= 11 is 0. The largest absolute Gasteiger partial charge is 0.506 e. The molecule has 5 nitrogen and oxygen atoms in total. The number of rotatable bonds is 3. The summed E-state index contributed by atoms with van der Waals surface area (Å²) in [7, 11) is 0. The van der Waals surface area contributed by atoms with E-state index in [4.69, 9.17) is 10.2 Å². The molecule has 1 rings (SSSR count). The summed E-state index contributed by atoms with van der Waals surface area (Å²) in [5.74, 6) is -0.422. The summed E-state index contributed by atoms with van der Waals surface area (Å²) in [5.41, 5.74) is 0.272. The van der Waals surface area contributed by atoms with E-state index in [2.05, 4.69) is 10.3 Å². The Balaban J connectivity index is 2.66. The number of pyridine rings is 1. The van der Waals surface area contributed by atoms with Crippen LogP contribution in [0.3, 0.4) is 0 Å². The predicted molar refractivity (Wildman–Crippen MR) is 45.3 cm³/mol. The van der Waals surface area contributed by atoms with Gasteiger partial charge in [-0.2, -0.15) is 0 Å². The normalized spacial score (nSPS) is 9.62. The number of nitrogens with one attached hydrogen (secondary N) is 1. The Morgan fingerprint density at radius 1 is 1.54 bits per heavy atom. The Hall–Kier alpha value is -1.62. The summed E-state index contributed by atoms with van der Waals surface area (Å²) in [5, 5.41) is 19.9. The minimum atomic E-state index is -0.363. The zero-order valence-electron chi connectivity index (χ0n) is 6.90. The average molecular weight is 182 g/mol. The van der Waals surface area contributed by atoms with E-state index in [1.54, 1.807) is 0 Å². The van der Waals surface area contributed by atoms with Crippen LogP contribution in [0.2, 0.25) is 0 Å². The summed E-state index contributed by atoms with van der Waals surface area (Å²) in [6.07, 6.45) is 2.58. The van der Waals surface area contributed by atoms with E-state index in [0.29, 0.717) is 0 Å². The van der Waals surface area contributed by atoms with Gasteiger partial charge in [0.1, 0.15) is 5.75 Å². The number of hydrogen-bond acceptors (Lipinski definition) is 4. The number of hydrogen-bond donors (Lipinski definition) is 3. The molecular formula is C8H10N2O3. The van der Waals surface area contributed by atoms with E-state index in [-0.39, 0.29) is 30.4 Å². The first-order valence-electron chi connectivity index (χ1n) is 3.77. The summed E-state index contributed by atoms with van der Waals surface area (Å²) in [6, 6.07) is 1.31. The molecular weight excluding hydrogens is 172 g/mol. The molecule has 1 aromatic rings. The maximum absolute atomic E-state index is 11.2. The van der Waals surface area contributed by atoms with E-state index in [9.17, 15) is 4.79 Å². The molecule has 0 aromatic carbocycles. The molecule has 0 fully saturated rings. The lowest BCUT2D eigenvalue weighted by molar-refractivity contribution is 0.0944. The quantitative estimate of drug-likeness (QED) is 0.589. The number of nitrogens with zero attached hydrogens (tertiary/aromatic N) is 1. The first-order valence-corrected chi connectivity index (χ1v) is 3.77. The lowest BCUT2D eigenvalue weighted by Gasteiger charge is -2.02. The molecule has 3 N–H and O–H groups in total. The molecule has 0 aliphatic carbocycles. The van der Waals surface area contributed by atoms with Crippen molar-refractivity contribution in [3.63, 3.8) is 0 Å². The second-order valence-electron chi connectivity index (χ2n) is 2.41. The van der Waals surface area contributed by atoms with Gasteiger partial charge < -0.3 is 15.5 Å². The van der Waals surface area contributed by atoms with Crippen LogP contribution in [0.25, 0.3) is 0 Å². The smallest absolute Gasteiger partial charge is 0.253 e. The molecule has 0 aliphatic rings. The fraction of sp³-hybridized carbons (Fsp3) is 0.250. The minimum Gasteiger partial charge on any atom is -0.506 e. The maximum atomic E-state index is 11.2. The highest BCUT2D eigenvalue weighted by Crippen LogP contribution is 2.07. The van der Waals surface area contributed by atoms with Crippen LogP contribution in [0.5, 0.6) is 5.75 Å². The van der Waals surface area contributed by atoms with Gasteiger partial charge in [0.2, 0.25) is 0 Å². The molecule has 0 atom stereocenters. The van der Waals surface area contributed by atoms with Gasteiger partial charge in [-0.1, -0.05) is 0 Å². The zero-order valence-corrected chi connectivity index (χ0v) is 6.90. The summed E-state index contributed by atoms with van der Waals surface area (Å²) in [6.45, 7) is 0.0759. The molecule has 0 bridgehead atoms. The van der Waals surface area contributed by atoms with Gasteiger partial charge in [-0.15, -0.1) is 0 Å². The molecule has 0 saturated carbocycles. The van der Waals surface area contributed by atoms with E-state index >= 15 is 0 Å². The van der Waals surface area contributed by atoms with Crippen molar-refractivity contribution in [3.8, 4) is 5.75 Å². The lowest BCUT2D eigenvalue weighted by Crippen LogP contribution is -2.26. The Morgan fingerprint density at radius 3 is 2.92 bits per heavy atom. The Labute approximate surface area is 75.0 Å². The Bertz CT molecular complexity index is 301. The second kappa shape index (κ2) is 4.42. The molecule has 0 radical (unpaired) electrons. The SMILES string of the molecule is O=C(NCCO)c1cncc(O)c1. The molecule has 1 heterocycles. The topological polar surface area (TPSA) is 82.5 Å². The van der Waals surface area contributed by atoms with Crippen LogP contribution in [0.4, 0.5) is 0 Å². The van der Waals surface area contributed by atoms with Crippen LogP contribution in [0.15, 0.2) is 18.5 Å². The van der Waals surface area contributed by atoms with E-state index in [1.807, 2.05) is 0 Å². The molecule has 0 aliphatic heterocycles. The Morgan fingerprint density at radius 2 is 2.31 bits per heavy atom. The molecule has 5 heteroatoms. The highest BCUT2D eigenvalue weighted by molar-refractivity contribution is 5.94. The molecule has 0 spiro atoms. The van der Waals surface area contributed by atoms with Crippen molar-refractivity contribution < 1.29 is 15.0 Å². The molecule has 1 amide bonds. The van der Waals surface area contributed by atoms with Crippen molar-refractivity contribution >= 4 is 5.91 Å². The molecule has 13 heavy (non-hydrogen) atoms. The maximum Gasteiger partial charge on any atom is 0.253 e. The predicted octanol–water partition coefficient (Wildman–Crippen LogP) is -0.491. The van der Waals surface area contributed by atoms with Gasteiger partial charge in [0.15, 0.2) is 0 Å². The standard InChI is InChI=1S/C8H10N2O3/c11-2-1-10-8(13)6-3-7(12)5-9-4-6/h3-5,11-12H,1-2H2,(H,10,13). The summed E-state index contributed by atoms with van der Waals surface area (Å²) in [4.78, 5) is 14.8. The van der Waals surface area contributed by atoms with Gasteiger partial charge in [-0.25, -0.2) is 0 Å². The van der Waals surface area contributed by atoms with Crippen LogP contribution in [0, 0.1) is 0 Å². The van der Waals surface area contributed by atoms with Gasteiger partial charge in [-0.05, 0) is 6.07 Å². The first-order chi connectivity index (χ1) is 6.24. The van der Waals surface area contributed by atoms with Crippen LogP contribution in [-0.4, -0.2) is 34.3 Å². The molecule has 0 unspecified atom stereocenters. The Kier molecular flexibility index (Phi) is 3.22. The van der Waals surface area contributed by atoms with Gasteiger partial charge in [0.25, 0.3) is 5.91 Å². The van der Waals surface area contributed by atoms with Gasteiger partial charge in [0, 0.05) is 12.7 Å². The van der Waals surface area contributed by atoms with Crippen molar-refractivity contribution in [1.29, 1.82) is 0 Å². The van der Waals surface area contributed by atoms with Crippen LogP contribution >= 0.6 is 0 Å². The molecule has 0 saturated heterocycles. The van der Waals surface area contributed by atoms with Crippen molar-refractivity contribution in [1.82, 2.24) is 10.3 Å². The number of carbonyl (C=O) groups is 1. The number of aromatic hydroxyl groups is 1. The van der Waals surface area contributed by atoms with Crippen LogP contribution < -0.4 is 5.32 Å². The van der Waals surface area contributed by atoms with E-state index < -0.39 is 0 Å². The number of amides is 1. The third-order valence-corrected chi connectivity index (χ3v) is 1.38. The van der Waals surface area contributed by atoms with Gasteiger partial charge >= 0.3 is 0 Å². The third kappa shape index (κ3) is 2.72. The van der Waals surface area contributed by atoms with E-state index in [1.165, 1.54) is 18.5 Å². The number of carbonyl (C=O) groups excluding carboxylic acids is 1. The van der Waals surface area contributed by atoms with Crippen molar-refractivity contribution in [3.05, 3.63) is 24.0 Å².